The number of amides is 2. The monoisotopic (exact) mass is 355 g/mol. The van der Waals surface area contributed by atoms with E-state index in [2.05, 4.69) is 36.6 Å². The van der Waals surface area contributed by atoms with Crippen molar-refractivity contribution < 1.29 is 9.59 Å². The first-order chi connectivity index (χ1) is 12.5. The largest absolute Gasteiger partial charge is 0.353 e. The maximum atomic E-state index is 12.8. The van der Waals surface area contributed by atoms with Crippen molar-refractivity contribution in [2.45, 2.75) is 70.0 Å². The molecule has 1 aromatic rings. The fraction of sp³-hybridized carbons (Fsp3) is 0.619. The van der Waals surface area contributed by atoms with E-state index in [1.54, 1.807) is 4.90 Å². The van der Waals surface area contributed by atoms with Crippen molar-refractivity contribution in [1.29, 1.82) is 0 Å². The molecule has 5 heteroatoms. The smallest absolute Gasteiger partial charge is 0.239 e. The molecule has 3 unspecified atom stereocenters. The molecule has 140 valence electrons. The molecule has 3 heterocycles. The second kappa shape index (κ2) is 7.03. The second-order valence-electron chi connectivity index (χ2n) is 8.39. The Labute approximate surface area is 155 Å². The zero-order chi connectivity index (χ0) is 18.3. The third-order valence-electron chi connectivity index (χ3n) is 6.21. The molecular formula is C21H29N3O2. The van der Waals surface area contributed by atoms with Crippen molar-refractivity contribution in [3.05, 3.63) is 29.8 Å². The number of carbonyl (C=O) groups is 2. The maximum absolute atomic E-state index is 12.8. The normalized spacial score (nSPS) is 30.9. The van der Waals surface area contributed by atoms with Crippen LogP contribution in [0.2, 0.25) is 0 Å². The molecule has 3 atom stereocenters. The number of anilines is 1. The lowest BCUT2D eigenvalue weighted by Crippen LogP contribution is -2.50. The Morgan fingerprint density at radius 1 is 1.12 bits per heavy atom. The highest BCUT2D eigenvalue weighted by Gasteiger charge is 2.40. The van der Waals surface area contributed by atoms with Crippen molar-refractivity contribution in [2.24, 2.45) is 5.92 Å². The van der Waals surface area contributed by atoms with Gasteiger partial charge in [-0.1, -0.05) is 26.0 Å². The fourth-order valence-corrected chi connectivity index (χ4v) is 4.70. The van der Waals surface area contributed by atoms with Crippen LogP contribution in [0.1, 0.15) is 57.4 Å². The summed E-state index contributed by atoms with van der Waals surface area (Å²) in [7, 11) is 0. The Bertz CT molecular complexity index is 673. The molecule has 3 aliphatic rings. The van der Waals surface area contributed by atoms with E-state index >= 15 is 0 Å². The summed E-state index contributed by atoms with van der Waals surface area (Å²) in [6, 6.07) is 9.43. The molecule has 2 amide bonds. The summed E-state index contributed by atoms with van der Waals surface area (Å²) in [5.74, 6) is -0.205. The summed E-state index contributed by atoms with van der Waals surface area (Å²) in [6.45, 7) is 4.93. The molecule has 0 saturated carbocycles. The predicted molar refractivity (Wildman–Crippen MR) is 102 cm³/mol. The van der Waals surface area contributed by atoms with Crippen molar-refractivity contribution in [3.8, 4) is 0 Å². The summed E-state index contributed by atoms with van der Waals surface area (Å²) < 4.78 is 0. The molecule has 0 aromatic heterocycles. The topological polar surface area (TPSA) is 61.4 Å². The highest BCUT2D eigenvalue weighted by Crippen LogP contribution is 2.29. The Morgan fingerprint density at radius 3 is 2.38 bits per heavy atom. The van der Waals surface area contributed by atoms with Gasteiger partial charge in [0.2, 0.25) is 11.8 Å². The molecule has 3 saturated heterocycles. The quantitative estimate of drug-likeness (QED) is 0.816. The van der Waals surface area contributed by atoms with Crippen molar-refractivity contribution >= 4 is 17.5 Å². The Morgan fingerprint density at radius 2 is 1.77 bits per heavy atom. The summed E-state index contributed by atoms with van der Waals surface area (Å²) in [5, 5.41) is 6.75. The first-order valence-corrected chi connectivity index (χ1v) is 9.99. The van der Waals surface area contributed by atoms with Gasteiger partial charge < -0.3 is 15.5 Å². The predicted octanol–water partition coefficient (Wildman–Crippen LogP) is 2.56. The van der Waals surface area contributed by atoms with E-state index in [0.29, 0.717) is 31.0 Å². The van der Waals surface area contributed by atoms with Gasteiger partial charge in [0, 0.05) is 30.4 Å². The van der Waals surface area contributed by atoms with Gasteiger partial charge >= 0.3 is 0 Å². The number of rotatable bonds is 4. The number of piperidine rings is 1. The van der Waals surface area contributed by atoms with E-state index in [0.717, 1.165) is 18.5 Å². The molecule has 2 bridgehead atoms. The van der Waals surface area contributed by atoms with Crippen LogP contribution in [0.25, 0.3) is 0 Å². The van der Waals surface area contributed by atoms with Crippen LogP contribution in [0.4, 0.5) is 5.69 Å². The fourth-order valence-electron chi connectivity index (χ4n) is 4.70. The lowest BCUT2D eigenvalue weighted by Gasteiger charge is -2.30. The van der Waals surface area contributed by atoms with E-state index in [-0.39, 0.29) is 17.9 Å². The van der Waals surface area contributed by atoms with E-state index in [4.69, 9.17) is 0 Å². The Balaban J connectivity index is 1.38. The average molecular weight is 355 g/mol. The van der Waals surface area contributed by atoms with Gasteiger partial charge in [-0.15, -0.1) is 0 Å². The number of hydrogen-bond donors (Lipinski definition) is 2. The first-order valence-electron chi connectivity index (χ1n) is 9.99. The third kappa shape index (κ3) is 3.37. The minimum absolute atomic E-state index is 0.0586. The zero-order valence-corrected chi connectivity index (χ0v) is 15.7. The van der Waals surface area contributed by atoms with E-state index in [1.165, 1.54) is 18.4 Å². The Kier molecular flexibility index (Phi) is 4.74. The SMILES string of the molecule is CC(C)c1ccc(N2CCC(C(=O)NC3CC4CCC(C3)N4)C2=O)cc1. The molecule has 3 aliphatic heterocycles. The zero-order valence-electron chi connectivity index (χ0n) is 15.7. The molecule has 5 nitrogen and oxygen atoms in total. The lowest BCUT2D eigenvalue weighted by molar-refractivity contribution is -0.132. The van der Waals surface area contributed by atoms with Gasteiger partial charge in [-0.05, 0) is 55.7 Å². The second-order valence-corrected chi connectivity index (χ2v) is 8.39. The van der Waals surface area contributed by atoms with Crippen LogP contribution in [-0.2, 0) is 9.59 Å². The standard InChI is InChI=1S/C21H29N3O2/c1-13(2)14-3-7-18(8-4-14)24-10-9-19(21(24)26)20(25)23-17-11-15-5-6-16(12-17)22-15/h3-4,7-8,13,15-17,19,22H,5-6,9-12H2,1-2H3,(H,23,25). The Hall–Kier alpha value is -1.88. The number of hydrogen-bond acceptors (Lipinski definition) is 3. The summed E-state index contributed by atoms with van der Waals surface area (Å²) >= 11 is 0. The molecule has 1 aromatic carbocycles. The molecule has 4 rings (SSSR count). The summed E-state index contributed by atoms with van der Waals surface area (Å²) in [6.07, 6.45) is 5.00. The van der Waals surface area contributed by atoms with E-state index < -0.39 is 5.92 Å². The summed E-state index contributed by atoms with van der Waals surface area (Å²) in [5.41, 5.74) is 2.16. The van der Waals surface area contributed by atoms with Crippen LogP contribution in [0.15, 0.2) is 24.3 Å². The minimum Gasteiger partial charge on any atom is -0.353 e. The van der Waals surface area contributed by atoms with E-state index in [9.17, 15) is 9.59 Å². The van der Waals surface area contributed by atoms with Gasteiger partial charge in [-0.3, -0.25) is 9.59 Å². The lowest BCUT2D eigenvalue weighted by atomic mass is 9.98. The van der Waals surface area contributed by atoms with Gasteiger partial charge in [-0.25, -0.2) is 0 Å². The number of benzene rings is 1. The van der Waals surface area contributed by atoms with Crippen LogP contribution in [0.5, 0.6) is 0 Å². The number of nitrogens with zero attached hydrogens (tertiary/aromatic N) is 1. The average Bonchev–Trinajstić information content (AvgIpc) is 3.17. The van der Waals surface area contributed by atoms with Gasteiger partial charge in [0.15, 0.2) is 0 Å². The first kappa shape index (κ1) is 17.5. The van der Waals surface area contributed by atoms with Gasteiger partial charge in [0.25, 0.3) is 0 Å². The minimum atomic E-state index is -0.535. The molecule has 3 fully saturated rings. The van der Waals surface area contributed by atoms with Crippen LogP contribution >= 0.6 is 0 Å². The molecular weight excluding hydrogens is 326 g/mol. The number of fused-ring (bicyclic) bond motifs is 2. The molecule has 0 spiro atoms. The number of carbonyl (C=O) groups excluding carboxylic acids is 2. The molecule has 2 N–H and O–H groups in total. The highest BCUT2D eigenvalue weighted by molar-refractivity contribution is 6.09. The molecule has 0 radical (unpaired) electrons. The van der Waals surface area contributed by atoms with Crippen LogP contribution in [-0.4, -0.2) is 36.5 Å². The van der Waals surface area contributed by atoms with E-state index in [1.807, 2.05) is 12.1 Å². The molecule has 26 heavy (non-hydrogen) atoms. The summed E-state index contributed by atoms with van der Waals surface area (Å²) in [4.78, 5) is 27.3. The maximum Gasteiger partial charge on any atom is 0.239 e. The van der Waals surface area contributed by atoms with Crippen molar-refractivity contribution in [2.75, 3.05) is 11.4 Å². The molecule has 0 aliphatic carbocycles. The third-order valence-corrected chi connectivity index (χ3v) is 6.21. The van der Waals surface area contributed by atoms with Gasteiger partial charge in [0.05, 0.1) is 0 Å². The highest BCUT2D eigenvalue weighted by atomic mass is 16.2. The van der Waals surface area contributed by atoms with Crippen LogP contribution in [0, 0.1) is 5.92 Å². The number of nitrogens with one attached hydrogen (secondary N) is 2. The van der Waals surface area contributed by atoms with Crippen LogP contribution < -0.4 is 15.5 Å². The van der Waals surface area contributed by atoms with Crippen molar-refractivity contribution in [3.63, 3.8) is 0 Å². The van der Waals surface area contributed by atoms with Gasteiger partial charge in [0.1, 0.15) is 5.92 Å². The van der Waals surface area contributed by atoms with Crippen molar-refractivity contribution in [1.82, 2.24) is 10.6 Å². The van der Waals surface area contributed by atoms with Crippen LogP contribution in [0.3, 0.4) is 0 Å². The van der Waals surface area contributed by atoms with Gasteiger partial charge in [-0.2, -0.15) is 0 Å².